The van der Waals surface area contributed by atoms with Crippen molar-refractivity contribution in [2.45, 2.75) is 39.2 Å². The molecule has 0 spiro atoms. The van der Waals surface area contributed by atoms with E-state index < -0.39 is 18.0 Å². The smallest absolute Gasteiger partial charge is 0.338 e. The summed E-state index contributed by atoms with van der Waals surface area (Å²) in [6, 6.07) is 11.9. The molecule has 0 radical (unpaired) electrons. The SMILES string of the molecule is C[C@@H](OC(=O)c1ccc(C(C)(C)C)cc1)C(=O)Nc1cc(Cl)ccc1Cl. The van der Waals surface area contributed by atoms with Crippen molar-refractivity contribution < 1.29 is 14.3 Å². The van der Waals surface area contributed by atoms with Gasteiger partial charge in [0.25, 0.3) is 5.91 Å². The van der Waals surface area contributed by atoms with Gasteiger partial charge < -0.3 is 10.1 Å². The van der Waals surface area contributed by atoms with Crippen LogP contribution in [0.4, 0.5) is 5.69 Å². The van der Waals surface area contributed by atoms with Crippen LogP contribution in [0.1, 0.15) is 43.6 Å². The minimum atomic E-state index is -0.986. The molecule has 0 aliphatic rings. The van der Waals surface area contributed by atoms with Crippen LogP contribution in [0.15, 0.2) is 42.5 Å². The van der Waals surface area contributed by atoms with Crippen LogP contribution in [0.5, 0.6) is 0 Å². The van der Waals surface area contributed by atoms with Crippen LogP contribution in [0, 0.1) is 0 Å². The normalized spacial score (nSPS) is 12.4. The number of anilines is 1. The highest BCUT2D eigenvalue weighted by molar-refractivity contribution is 6.35. The molecular formula is C20H21Cl2NO3. The maximum absolute atomic E-state index is 12.2. The summed E-state index contributed by atoms with van der Waals surface area (Å²) < 4.78 is 5.24. The Balaban J connectivity index is 2.02. The lowest BCUT2D eigenvalue weighted by atomic mass is 9.87. The van der Waals surface area contributed by atoms with E-state index >= 15 is 0 Å². The topological polar surface area (TPSA) is 55.4 Å². The molecule has 6 heteroatoms. The summed E-state index contributed by atoms with van der Waals surface area (Å²) in [5.74, 6) is -1.06. The molecular weight excluding hydrogens is 373 g/mol. The molecule has 4 nitrogen and oxygen atoms in total. The van der Waals surface area contributed by atoms with E-state index in [-0.39, 0.29) is 5.41 Å². The van der Waals surface area contributed by atoms with E-state index in [1.165, 1.54) is 13.0 Å². The van der Waals surface area contributed by atoms with Gasteiger partial charge in [0.15, 0.2) is 6.10 Å². The fraction of sp³-hybridized carbons (Fsp3) is 0.300. The van der Waals surface area contributed by atoms with Crippen molar-refractivity contribution in [3.8, 4) is 0 Å². The molecule has 1 atom stereocenters. The summed E-state index contributed by atoms with van der Waals surface area (Å²) in [6.45, 7) is 7.77. The lowest BCUT2D eigenvalue weighted by Gasteiger charge is -2.19. The molecule has 0 fully saturated rings. The van der Waals surface area contributed by atoms with Crippen LogP contribution in [-0.4, -0.2) is 18.0 Å². The second kappa shape index (κ2) is 8.11. The van der Waals surface area contributed by atoms with Crippen LogP contribution in [0.25, 0.3) is 0 Å². The van der Waals surface area contributed by atoms with Crippen molar-refractivity contribution in [1.29, 1.82) is 0 Å². The van der Waals surface area contributed by atoms with Gasteiger partial charge in [-0.05, 0) is 48.2 Å². The van der Waals surface area contributed by atoms with E-state index in [1.54, 1.807) is 24.3 Å². The average Bonchev–Trinajstić information content (AvgIpc) is 2.57. The first kappa shape index (κ1) is 20.3. The van der Waals surface area contributed by atoms with Gasteiger partial charge in [0, 0.05) is 5.02 Å². The van der Waals surface area contributed by atoms with Gasteiger partial charge in [-0.15, -0.1) is 0 Å². The third-order valence-corrected chi connectivity index (χ3v) is 4.39. The summed E-state index contributed by atoms with van der Waals surface area (Å²) in [4.78, 5) is 24.5. The lowest BCUT2D eigenvalue weighted by Crippen LogP contribution is -2.30. The van der Waals surface area contributed by atoms with Gasteiger partial charge in [0.1, 0.15) is 0 Å². The van der Waals surface area contributed by atoms with Gasteiger partial charge in [0.05, 0.1) is 16.3 Å². The first-order valence-corrected chi connectivity index (χ1v) is 8.91. The zero-order valence-corrected chi connectivity index (χ0v) is 16.6. The predicted octanol–water partition coefficient (Wildman–Crippen LogP) is 5.47. The quantitative estimate of drug-likeness (QED) is 0.700. The summed E-state index contributed by atoms with van der Waals surface area (Å²) in [5, 5.41) is 3.39. The van der Waals surface area contributed by atoms with Crippen molar-refractivity contribution in [3.05, 3.63) is 63.6 Å². The maximum Gasteiger partial charge on any atom is 0.338 e. The van der Waals surface area contributed by atoms with E-state index in [9.17, 15) is 9.59 Å². The van der Waals surface area contributed by atoms with Crippen LogP contribution < -0.4 is 5.32 Å². The average molecular weight is 394 g/mol. The monoisotopic (exact) mass is 393 g/mol. The number of rotatable bonds is 4. The molecule has 0 unspecified atom stereocenters. The second-order valence-corrected chi connectivity index (χ2v) is 7.83. The predicted molar refractivity (Wildman–Crippen MR) is 105 cm³/mol. The van der Waals surface area contributed by atoms with E-state index in [0.29, 0.717) is 21.3 Å². The number of hydrogen-bond acceptors (Lipinski definition) is 3. The largest absolute Gasteiger partial charge is 0.449 e. The standard InChI is InChI=1S/C20H21Cl2NO3/c1-12(18(24)23-17-11-15(21)9-10-16(17)22)26-19(25)13-5-7-14(8-6-13)20(2,3)4/h5-12H,1-4H3,(H,23,24)/t12-/m1/s1. The van der Waals surface area contributed by atoms with Crippen molar-refractivity contribution in [3.63, 3.8) is 0 Å². The number of halogens is 2. The molecule has 1 N–H and O–H groups in total. The number of hydrogen-bond donors (Lipinski definition) is 1. The number of nitrogens with one attached hydrogen (secondary N) is 1. The Morgan fingerprint density at radius 3 is 2.23 bits per heavy atom. The number of carbonyl (C=O) groups is 2. The van der Waals surface area contributed by atoms with Crippen LogP contribution in [0.3, 0.4) is 0 Å². The molecule has 1 amide bonds. The molecule has 0 bridgehead atoms. The van der Waals surface area contributed by atoms with Gasteiger partial charge >= 0.3 is 5.97 Å². The van der Waals surface area contributed by atoms with E-state index in [0.717, 1.165) is 5.56 Å². The zero-order valence-electron chi connectivity index (χ0n) is 15.1. The van der Waals surface area contributed by atoms with Crippen LogP contribution in [-0.2, 0) is 14.9 Å². The van der Waals surface area contributed by atoms with Gasteiger partial charge in [-0.25, -0.2) is 4.79 Å². The number of esters is 1. The Morgan fingerprint density at radius 1 is 1.04 bits per heavy atom. The molecule has 0 saturated heterocycles. The highest BCUT2D eigenvalue weighted by Crippen LogP contribution is 2.26. The second-order valence-electron chi connectivity index (χ2n) is 6.99. The Kier molecular flexibility index (Phi) is 6.32. The molecule has 0 saturated carbocycles. The maximum atomic E-state index is 12.2. The summed E-state index contributed by atoms with van der Waals surface area (Å²) in [6.07, 6.45) is -0.986. The van der Waals surface area contributed by atoms with Crippen molar-refractivity contribution in [2.24, 2.45) is 0 Å². The minimum Gasteiger partial charge on any atom is -0.449 e. The Morgan fingerprint density at radius 2 is 1.65 bits per heavy atom. The summed E-state index contributed by atoms with van der Waals surface area (Å²) in [7, 11) is 0. The number of amides is 1. The first-order chi connectivity index (χ1) is 12.1. The van der Waals surface area contributed by atoms with Gasteiger partial charge in [-0.2, -0.15) is 0 Å². The van der Waals surface area contributed by atoms with E-state index in [4.69, 9.17) is 27.9 Å². The van der Waals surface area contributed by atoms with Crippen molar-refractivity contribution >= 4 is 40.8 Å². The third-order valence-electron chi connectivity index (χ3n) is 3.83. The molecule has 0 heterocycles. The number of benzene rings is 2. The molecule has 0 aliphatic carbocycles. The molecule has 0 aliphatic heterocycles. The number of ether oxygens (including phenoxy) is 1. The highest BCUT2D eigenvalue weighted by atomic mass is 35.5. The van der Waals surface area contributed by atoms with Crippen molar-refractivity contribution in [2.75, 3.05) is 5.32 Å². The fourth-order valence-electron chi connectivity index (χ4n) is 2.22. The molecule has 26 heavy (non-hydrogen) atoms. The lowest BCUT2D eigenvalue weighted by molar-refractivity contribution is -0.123. The van der Waals surface area contributed by atoms with Gasteiger partial charge in [-0.3, -0.25) is 4.79 Å². The van der Waals surface area contributed by atoms with E-state index in [1.807, 2.05) is 12.1 Å². The van der Waals surface area contributed by atoms with Crippen molar-refractivity contribution in [1.82, 2.24) is 0 Å². The zero-order chi connectivity index (χ0) is 19.5. The first-order valence-electron chi connectivity index (χ1n) is 8.15. The Labute approximate surface area is 163 Å². The molecule has 138 valence electrons. The molecule has 0 aromatic heterocycles. The summed E-state index contributed by atoms with van der Waals surface area (Å²) in [5.41, 5.74) is 1.85. The Hall–Kier alpha value is -2.04. The fourth-order valence-corrected chi connectivity index (χ4v) is 2.55. The summed E-state index contributed by atoms with van der Waals surface area (Å²) >= 11 is 11.9. The highest BCUT2D eigenvalue weighted by Gasteiger charge is 2.21. The molecule has 2 aromatic rings. The molecule has 2 rings (SSSR count). The van der Waals surface area contributed by atoms with E-state index in [2.05, 4.69) is 26.1 Å². The number of carbonyl (C=O) groups excluding carboxylic acids is 2. The van der Waals surface area contributed by atoms with Crippen LogP contribution >= 0.6 is 23.2 Å². The van der Waals surface area contributed by atoms with Gasteiger partial charge in [-0.1, -0.05) is 56.1 Å². The van der Waals surface area contributed by atoms with Crippen LogP contribution in [0.2, 0.25) is 10.0 Å². The third kappa shape index (κ3) is 5.23. The van der Waals surface area contributed by atoms with Gasteiger partial charge in [0.2, 0.25) is 0 Å². The Bertz CT molecular complexity index is 811. The minimum absolute atomic E-state index is 0.00810. The molecule has 2 aromatic carbocycles.